The third kappa shape index (κ3) is 4.00. The maximum absolute atomic E-state index is 9.89. The van der Waals surface area contributed by atoms with Crippen molar-refractivity contribution < 1.29 is 25.2 Å². The van der Waals surface area contributed by atoms with Crippen molar-refractivity contribution in [3.05, 3.63) is 11.9 Å². The zero-order valence-corrected chi connectivity index (χ0v) is 12.8. The molecule has 1 fully saturated rings. The summed E-state index contributed by atoms with van der Waals surface area (Å²) in [5, 5.41) is 46.5. The first-order valence-electron chi connectivity index (χ1n) is 7.37. The average molecular weight is 316 g/mol. The van der Waals surface area contributed by atoms with Crippen molar-refractivity contribution in [1.82, 2.24) is 19.9 Å². The van der Waals surface area contributed by atoms with Gasteiger partial charge < -0.3 is 30.1 Å². The van der Waals surface area contributed by atoms with Gasteiger partial charge in [-0.15, -0.1) is 5.10 Å². The molecule has 1 aliphatic rings. The summed E-state index contributed by atoms with van der Waals surface area (Å²) in [4.78, 5) is 2.12. The van der Waals surface area contributed by atoms with E-state index in [9.17, 15) is 20.4 Å². The SMILES string of the molecule is CCCN(C)Cc1cn(C[C@H]2OC(O)[C@H](O)[C@@H](O)[C@H]2O)nn1. The van der Waals surface area contributed by atoms with Gasteiger partial charge in [0.05, 0.1) is 12.2 Å². The fourth-order valence-corrected chi connectivity index (χ4v) is 2.50. The average Bonchev–Trinajstić information content (AvgIpc) is 2.90. The summed E-state index contributed by atoms with van der Waals surface area (Å²) in [6, 6.07) is 0. The van der Waals surface area contributed by atoms with Crippen molar-refractivity contribution in [3.63, 3.8) is 0 Å². The highest BCUT2D eigenvalue weighted by atomic mass is 16.6. The second-order valence-corrected chi connectivity index (χ2v) is 5.71. The van der Waals surface area contributed by atoms with E-state index in [-0.39, 0.29) is 6.54 Å². The van der Waals surface area contributed by atoms with Gasteiger partial charge >= 0.3 is 0 Å². The Labute approximate surface area is 128 Å². The Kier molecular flexibility index (Phi) is 5.84. The van der Waals surface area contributed by atoms with Crippen LogP contribution in [-0.2, 0) is 17.8 Å². The van der Waals surface area contributed by atoms with Crippen LogP contribution in [0.5, 0.6) is 0 Å². The fourth-order valence-electron chi connectivity index (χ4n) is 2.50. The summed E-state index contributed by atoms with van der Waals surface area (Å²) in [5.41, 5.74) is 0.780. The highest BCUT2D eigenvalue weighted by Crippen LogP contribution is 2.20. The molecule has 1 aromatic rings. The second-order valence-electron chi connectivity index (χ2n) is 5.71. The normalized spacial score (nSPS) is 32.6. The topological polar surface area (TPSA) is 124 Å². The molecule has 0 aliphatic carbocycles. The van der Waals surface area contributed by atoms with Gasteiger partial charge in [-0.2, -0.15) is 0 Å². The van der Waals surface area contributed by atoms with E-state index >= 15 is 0 Å². The van der Waals surface area contributed by atoms with E-state index in [1.807, 2.05) is 7.05 Å². The Hall–Kier alpha value is -1.10. The molecule has 0 spiro atoms. The highest BCUT2D eigenvalue weighted by Gasteiger charge is 2.43. The van der Waals surface area contributed by atoms with Crippen LogP contribution in [0.1, 0.15) is 19.0 Å². The van der Waals surface area contributed by atoms with Gasteiger partial charge in [0.25, 0.3) is 0 Å². The molecule has 2 heterocycles. The lowest BCUT2D eigenvalue weighted by Gasteiger charge is -2.38. The maximum atomic E-state index is 9.89. The Morgan fingerprint density at radius 1 is 1.23 bits per heavy atom. The minimum absolute atomic E-state index is 0.118. The molecule has 9 nitrogen and oxygen atoms in total. The van der Waals surface area contributed by atoms with Crippen LogP contribution in [-0.4, -0.2) is 84.6 Å². The molecule has 126 valence electrons. The van der Waals surface area contributed by atoms with Crippen molar-refractivity contribution in [2.24, 2.45) is 0 Å². The monoisotopic (exact) mass is 316 g/mol. The van der Waals surface area contributed by atoms with Gasteiger partial charge in [0.1, 0.15) is 24.4 Å². The predicted octanol–water partition coefficient (Wildman–Crippen LogP) is -2.08. The quantitative estimate of drug-likeness (QED) is 0.471. The number of aliphatic hydroxyl groups is 4. The molecule has 5 atom stereocenters. The number of rotatable bonds is 6. The highest BCUT2D eigenvalue weighted by molar-refractivity contribution is 4.94. The molecule has 22 heavy (non-hydrogen) atoms. The van der Waals surface area contributed by atoms with E-state index < -0.39 is 30.7 Å². The largest absolute Gasteiger partial charge is 0.388 e. The maximum Gasteiger partial charge on any atom is 0.184 e. The molecule has 0 saturated carbocycles. The summed E-state index contributed by atoms with van der Waals surface area (Å²) in [7, 11) is 1.99. The van der Waals surface area contributed by atoms with Crippen molar-refractivity contribution in [1.29, 1.82) is 0 Å². The van der Waals surface area contributed by atoms with E-state index in [1.54, 1.807) is 6.20 Å². The lowest BCUT2D eigenvalue weighted by Crippen LogP contribution is -2.58. The molecule has 1 saturated heterocycles. The first-order chi connectivity index (χ1) is 10.4. The molecule has 1 aliphatic heterocycles. The number of ether oxygens (including phenoxy) is 1. The summed E-state index contributed by atoms with van der Waals surface area (Å²) in [6.45, 7) is 3.83. The van der Waals surface area contributed by atoms with Crippen molar-refractivity contribution in [2.45, 2.75) is 57.1 Å². The number of hydrogen-bond donors (Lipinski definition) is 4. The minimum atomic E-state index is -1.54. The smallest absolute Gasteiger partial charge is 0.184 e. The zero-order chi connectivity index (χ0) is 16.3. The summed E-state index contributed by atoms with van der Waals surface area (Å²) in [5.74, 6) is 0. The van der Waals surface area contributed by atoms with Crippen molar-refractivity contribution in [2.75, 3.05) is 13.6 Å². The third-order valence-electron chi connectivity index (χ3n) is 3.68. The van der Waals surface area contributed by atoms with Gasteiger partial charge in [-0.25, -0.2) is 4.68 Å². The van der Waals surface area contributed by atoms with Crippen LogP contribution >= 0.6 is 0 Å². The number of nitrogens with zero attached hydrogens (tertiary/aromatic N) is 4. The molecule has 9 heteroatoms. The molecule has 0 radical (unpaired) electrons. The molecule has 0 aromatic carbocycles. The van der Waals surface area contributed by atoms with Gasteiger partial charge in [0.15, 0.2) is 6.29 Å². The van der Waals surface area contributed by atoms with Gasteiger partial charge in [0, 0.05) is 12.7 Å². The first kappa shape index (κ1) is 17.3. The van der Waals surface area contributed by atoms with E-state index in [0.29, 0.717) is 6.54 Å². The van der Waals surface area contributed by atoms with Gasteiger partial charge in [-0.1, -0.05) is 12.1 Å². The van der Waals surface area contributed by atoms with Crippen molar-refractivity contribution in [3.8, 4) is 0 Å². The Morgan fingerprint density at radius 2 is 1.95 bits per heavy atom. The molecule has 0 bridgehead atoms. The van der Waals surface area contributed by atoms with E-state index in [2.05, 4.69) is 22.1 Å². The van der Waals surface area contributed by atoms with Crippen LogP contribution in [0.2, 0.25) is 0 Å². The molecule has 1 aromatic heterocycles. The standard InChI is InChI=1S/C13H24N4O5/c1-3-4-16(2)5-8-6-17(15-14-8)7-9-10(18)11(19)12(20)13(21)22-9/h6,9-13,18-21H,3-5,7H2,1-2H3/t9-,10+,11+,12-,13?/m1/s1. The molecular formula is C13H24N4O5. The molecule has 0 amide bonds. The van der Waals surface area contributed by atoms with Crippen LogP contribution in [0.3, 0.4) is 0 Å². The summed E-state index contributed by atoms with van der Waals surface area (Å²) >= 11 is 0. The minimum Gasteiger partial charge on any atom is -0.388 e. The molecule has 4 N–H and O–H groups in total. The lowest BCUT2D eigenvalue weighted by atomic mass is 9.99. The molecule has 2 rings (SSSR count). The predicted molar refractivity (Wildman–Crippen MR) is 75.5 cm³/mol. The van der Waals surface area contributed by atoms with Crippen LogP contribution < -0.4 is 0 Å². The van der Waals surface area contributed by atoms with Crippen LogP contribution in [0.4, 0.5) is 0 Å². The lowest BCUT2D eigenvalue weighted by molar-refractivity contribution is -0.284. The number of aromatic nitrogens is 3. The van der Waals surface area contributed by atoms with E-state index in [1.165, 1.54) is 4.68 Å². The fraction of sp³-hybridized carbons (Fsp3) is 0.846. The zero-order valence-electron chi connectivity index (χ0n) is 12.8. The Bertz CT molecular complexity index is 471. The van der Waals surface area contributed by atoms with Gasteiger partial charge in [0.2, 0.25) is 0 Å². The Morgan fingerprint density at radius 3 is 2.64 bits per heavy atom. The Balaban J connectivity index is 1.95. The van der Waals surface area contributed by atoms with E-state index in [4.69, 9.17) is 4.74 Å². The summed E-state index contributed by atoms with van der Waals surface area (Å²) in [6.07, 6.45) is -3.95. The van der Waals surface area contributed by atoms with Crippen molar-refractivity contribution >= 4 is 0 Å². The first-order valence-corrected chi connectivity index (χ1v) is 7.37. The van der Waals surface area contributed by atoms with Crippen LogP contribution in [0, 0.1) is 0 Å². The second kappa shape index (κ2) is 7.44. The molecular weight excluding hydrogens is 292 g/mol. The van der Waals surface area contributed by atoms with Gasteiger partial charge in [-0.05, 0) is 20.0 Å². The third-order valence-corrected chi connectivity index (χ3v) is 3.68. The van der Waals surface area contributed by atoms with Crippen LogP contribution in [0.15, 0.2) is 6.20 Å². The molecule has 1 unspecified atom stereocenters. The van der Waals surface area contributed by atoms with Crippen LogP contribution in [0.25, 0.3) is 0 Å². The number of hydrogen-bond acceptors (Lipinski definition) is 8. The number of aliphatic hydroxyl groups excluding tert-OH is 4. The van der Waals surface area contributed by atoms with Gasteiger partial charge in [-0.3, -0.25) is 0 Å². The summed E-state index contributed by atoms with van der Waals surface area (Å²) < 4.78 is 6.60. The van der Waals surface area contributed by atoms with E-state index in [0.717, 1.165) is 18.7 Å².